The van der Waals surface area contributed by atoms with Crippen molar-refractivity contribution < 1.29 is 4.74 Å². The molecule has 0 bridgehead atoms. The Kier molecular flexibility index (Phi) is 3.67. The van der Waals surface area contributed by atoms with Crippen molar-refractivity contribution in [2.24, 2.45) is 0 Å². The smallest absolute Gasteiger partial charge is 0.153 e. The van der Waals surface area contributed by atoms with Gasteiger partial charge in [0.25, 0.3) is 0 Å². The van der Waals surface area contributed by atoms with E-state index in [1.807, 2.05) is 23.1 Å². The highest BCUT2D eigenvalue weighted by molar-refractivity contribution is 5.08. The molecule has 2 aliphatic rings. The molecule has 0 radical (unpaired) electrons. The molecule has 0 unspecified atom stereocenters. The number of aromatic amines is 1. The van der Waals surface area contributed by atoms with Crippen LogP contribution in [0.25, 0.3) is 0 Å². The van der Waals surface area contributed by atoms with Gasteiger partial charge in [-0.05, 0) is 25.3 Å². The quantitative estimate of drug-likeness (QED) is 0.872. The van der Waals surface area contributed by atoms with Gasteiger partial charge in [0.05, 0.1) is 18.7 Å². The number of methoxy groups -OCH3 is 1. The third kappa shape index (κ3) is 2.78. The predicted molar refractivity (Wildman–Crippen MR) is 80.3 cm³/mol. The van der Waals surface area contributed by atoms with Gasteiger partial charge in [0.1, 0.15) is 5.82 Å². The number of rotatable bonds is 6. The van der Waals surface area contributed by atoms with E-state index in [9.17, 15) is 0 Å². The molecule has 0 spiro atoms. The number of aromatic nitrogens is 5. The van der Waals surface area contributed by atoms with Crippen LogP contribution in [0.5, 0.6) is 0 Å². The summed E-state index contributed by atoms with van der Waals surface area (Å²) in [4.78, 5) is 7.16. The Hall–Kier alpha value is -1.73. The van der Waals surface area contributed by atoms with Crippen LogP contribution in [0.15, 0.2) is 18.5 Å². The zero-order valence-electron chi connectivity index (χ0n) is 12.9. The number of H-pyrrole nitrogens is 1. The largest absolute Gasteiger partial charge is 0.380 e. The summed E-state index contributed by atoms with van der Waals surface area (Å²) in [6.45, 7) is 2.75. The molecule has 2 aromatic rings. The highest BCUT2D eigenvalue weighted by Gasteiger charge is 2.36. The second kappa shape index (κ2) is 5.81. The minimum absolute atomic E-state index is 0.261. The minimum atomic E-state index is 0.261. The van der Waals surface area contributed by atoms with Crippen LogP contribution in [-0.2, 0) is 11.3 Å². The van der Waals surface area contributed by atoms with Crippen molar-refractivity contribution in [1.82, 2.24) is 29.9 Å². The molecule has 7 nitrogen and oxygen atoms in total. The molecule has 2 fully saturated rings. The van der Waals surface area contributed by atoms with Crippen LogP contribution >= 0.6 is 0 Å². The van der Waals surface area contributed by atoms with E-state index in [1.54, 1.807) is 7.11 Å². The van der Waals surface area contributed by atoms with Gasteiger partial charge in [-0.15, -0.1) is 0 Å². The summed E-state index contributed by atoms with van der Waals surface area (Å²) in [5, 5.41) is 11.8. The maximum atomic E-state index is 5.57. The van der Waals surface area contributed by atoms with Crippen molar-refractivity contribution in [3.05, 3.63) is 30.1 Å². The van der Waals surface area contributed by atoms with E-state index in [-0.39, 0.29) is 12.1 Å². The lowest BCUT2D eigenvalue weighted by Crippen LogP contribution is -2.29. The molecule has 1 saturated carbocycles. The number of nitrogens with zero attached hydrogens (tertiary/aromatic N) is 5. The first-order valence-corrected chi connectivity index (χ1v) is 8.00. The molecule has 7 heteroatoms. The number of ether oxygens (including phenoxy) is 1. The molecule has 3 heterocycles. The maximum absolute atomic E-state index is 5.57. The summed E-state index contributed by atoms with van der Waals surface area (Å²) in [6, 6.07) is 2.22. The van der Waals surface area contributed by atoms with E-state index >= 15 is 0 Å². The zero-order chi connectivity index (χ0) is 14.9. The van der Waals surface area contributed by atoms with Crippen LogP contribution in [0, 0.1) is 0 Å². The van der Waals surface area contributed by atoms with Gasteiger partial charge >= 0.3 is 0 Å². The fourth-order valence-electron chi connectivity index (χ4n) is 3.19. The molecular weight excluding hydrogens is 280 g/mol. The molecule has 0 amide bonds. The standard InChI is InChI=1S/C15H22N6O/c1-22-12-9-13(15-17-14(18-19-15)11-3-4-11)20(10-12)7-8-21-6-2-5-16-21/h2,5-6,11-13H,3-4,7-10H2,1H3,(H,17,18,19)/t12-,13+/m1/s1. The van der Waals surface area contributed by atoms with Crippen molar-refractivity contribution in [2.75, 3.05) is 20.2 Å². The Morgan fingerprint density at radius 2 is 2.27 bits per heavy atom. The fraction of sp³-hybridized carbons (Fsp3) is 0.667. The molecule has 2 atom stereocenters. The van der Waals surface area contributed by atoms with Gasteiger partial charge in [-0.3, -0.25) is 14.7 Å². The van der Waals surface area contributed by atoms with Crippen LogP contribution in [-0.4, -0.2) is 56.2 Å². The van der Waals surface area contributed by atoms with Crippen molar-refractivity contribution >= 4 is 0 Å². The third-order valence-electron chi connectivity index (χ3n) is 4.65. The van der Waals surface area contributed by atoms with Crippen molar-refractivity contribution in [3.63, 3.8) is 0 Å². The number of hydrogen-bond donors (Lipinski definition) is 1. The van der Waals surface area contributed by atoms with E-state index in [4.69, 9.17) is 9.72 Å². The summed E-state index contributed by atoms with van der Waals surface area (Å²) in [5.41, 5.74) is 0. The fourth-order valence-corrected chi connectivity index (χ4v) is 3.19. The lowest BCUT2D eigenvalue weighted by Gasteiger charge is -2.22. The summed E-state index contributed by atoms with van der Waals surface area (Å²) in [5.74, 6) is 2.56. The molecule has 1 N–H and O–H groups in total. The number of nitrogens with one attached hydrogen (secondary N) is 1. The van der Waals surface area contributed by atoms with Crippen LogP contribution in [0.4, 0.5) is 0 Å². The molecule has 1 aliphatic carbocycles. The Bertz CT molecular complexity index is 605. The van der Waals surface area contributed by atoms with Crippen molar-refractivity contribution in [2.45, 2.75) is 43.9 Å². The minimum Gasteiger partial charge on any atom is -0.380 e. The Labute approximate surface area is 129 Å². The van der Waals surface area contributed by atoms with E-state index < -0.39 is 0 Å². The topological polar surface area (TPSA) is 71.9 Å². The Morgan fingerprint density at radius 3 is 3.00 bits per heavy atom. The molecule has 118 valence electrons. The van der Waals surface area contributed by atoms with Gasteiger partial charge in [-0.1, -0.05) is 0 Å². The summed E-state index contributed by atoms with van der Waals surface area (Å²) < 4.78 is 7.54. The highest BCUT2D eigenvalue weighted by Crippen LogP contribution is 2.39. The summed E-state index contributed by atoms with van der Waals surface area (Å²) >= 11 is 0. The molecular formula is C15H22N6O. The SMILES string of the molecule is CO[C@@H]1C[C@@H](c2nc(C3CC3)n[nH]2)N(CCn2cccn2)C1. The number of hydrogen-bond acceptors (Lipinski definition) is 5. The molecule has 4 rings (SSSR count). The predicted octanol–water partition coefficient (Wildman–Crippen LogP) is 1.34. The van der Waals surface area contributed by atoms with Gasteiger partial charge in [-0.25, -0.2) is 4.98 Å². The lowest BCUT2D eigenvalue weighted by atomic mass is 10.2. The normalized spacial score (nSPS) is 25.9. The van der Waals surface area contributed by atoms with Crippen LogP contribution in [0.2, 0.25) is 0 Å². The van der Waals surface area contributed by atoms with Crippen LogP contribution in [0.3, 0.4) is 0 Å². The molecule has 22 heavy (non-hydrogen) atoms. The second-order valence-corrected chi connectivity index (χ2v) is 6.23. The van der Waals surface area contributed by atoms with Gasteiger partial charge < -0.3 is 4.74 Å². The monoisotopic (exact) mass is 302 g/mol. The third-order valence-corrected chi connectivity index (χ3v) is 4.65. The van der Waals surface area contributed by atoms with Gasteiger partial charge in [0, 0.05) is 38.5 Å². The molecule has 1 aliphatic heterocycles. The average molecular weight is 302 g/mol. The van der Waals surface area contributed by atoms with Gasteiger partial charge in [-0.2, -0.15) is 10.2 Å². The lowest BCUT2D eigenvalue weighted by molar-refractivity contribution is 0.107. The van der Waals surface area contributed by atoms with E-state index in [0.717, 1.165) is 37.7 Å². The van der Waals surface area contributed by atoms with Gasteiger partial charge in [0.2, 0.25) is 0 Å². The van der Waals surface area contributed by atoms with Crippen LogP contribution < -0.4 is 0 Å². The zero-order valence-corrected chi connectivity index (χ0v) is 12.9. The Balaban J connectivity index is 1.46. The summed E-state index contributed by atoms with van der Waals surface area (Å²) in [7, 11) is 1.79. The number of likely N-dealkylation sites (tertiary alicyclic amines) is 1. The maximum Gasteiger partial charge on any atom is 0.153 e. The molecule has 2 aromatic heterocycles. The first kappa shape index (κ1) is 13.9. The highest BCUT2D eigenvalue weighted by atomic mass is 16.5. The first-order valence-electron chi connectivity index (χ1n) is 8.00. The Morgan fingerprint density at radius 1 is 1.36 bits per heavy atom. The van der Waals surface area contributed by atoms with E-state index in [1.165, 1.54) is 12.8 Å². The van der Waals surface area contributed by atoms with Crippen LogP contribution in [0.1, 0.15) is 42.9 Å². The van der Waals surface area contributed by atoms with Crippen molar-refractivity contribution in [3.8, 4) is 0 Å². The second-order valence-electron chi connectivity index (χ2n) is 6.23. The molecule has 1 saturated heterocycles. The van der Waals surface area contributed by atoms with Crippen molar-refractivity contribution in [1.29, 1.82) is 0 Å². The summed E-state index contributed by atoms with van der Waals surface area (Å²) in [6.07, 6.45) is 7.50. The molecule has 0 aromatic carbocycles. The first-order chi connectivity index (χ1) is 10.8. The van der Waals surface area contributed by atoms with E-state index in [2.05, 4.69) is 20.2 Å². The van der Waals surface area contributed by atoms with E-state index in [0.29, 0.717) is 5.92 Å². The average Bonchev–Trinajstić information content (AvgIpc) is 2.99. The van der Waals surface area contributed by atoms with Gasteiger partial charge in [0.15, 0.2) is 5.82 Å².